The zero-order chi connectivity index (χ0) is 21.7. The molecule has 0 aromatic heterocycles. The van der Waals surface area contributed by atoms with E-state index in [2.05, 4.69) is 23.5 Å². The molecule has 30 heavy (non-hydrogen) atoms. The molecule has 1 aliphatic heterocycles. The van der Waals surface area contributed by atoms with Gasteiger partial charge in [-0.15, -0.1) is 0 Å². The van der Waals surface area contributed by atoms with Crippen LogP contribution in [0.4, 0.5) is 5.69 Å². The molecule has 3 rings (SSSR count). The number of carbonyl (C=O) groups excluding carboxylic acids is 2. The molecule has 3 N–H and O–H groups in total. The average Bonchev–Trinajstić information content (AvgIpc) is 2.73. The molecule has 6 nitrogen and oxygen atoms in total. The highest BCUT2D eigenvalue weighted by Crippen LogP contribution is 2.26. The first-order valence-corrected chi connectivity index (χ1v) is 11.2. The van der Waals surface area contributed by atoms with Gasteiger partial charge in [-0.1, -0.05) is 36.4 Å². The van der Waals surface area contributed by atoms with Crippen molar-refractivity contribution < 1.29 is 19.4 Å². The number of carbonyl (C=O) groups is 2. The molecule has 0 bridgehead atoms. The minimum absolute atomic E-state index is 0.102. The van der Waals surface area contributed by atoms with E-state index in [1.54, 1.807) is 0 Å². The minimum atomic E-state index is -0.102. The van der Waals surface area contributed by atoms with Gasteiger partial charge in [0.05, 0.1) is 5.69 Å². The van der Waals surface area contributed by atoms with Crippen molar-refractivity contribution >= 4 is 28.3 Å². The zero-order valence-corrected chi connectivity index (χ0v) is 18.7. The van der Waals surface area contributed by atoms with E-state index in [0.717, 1.165) is 42.6 Å². The van der Waals surface area contributed by atoms with Crippen molar-refractivity contribution in [2.75, 3.05) is 44.2 Å². The molecular formula is C24H36N4O2+2. The fraction of sp³-hybridized carbons (Fsp3) is 0.500. The van der Waals surface area contributed by atoms with Gasteiger partial charge in [0, 0.05) is 18.0 Å². The number of benzene rings is 2. The van der Waals surface area contributed by atoms with Crippen molar-refractivity contribution in [3.05, 3.63) is 42.5 Å². The maximum absolute atomic E-state index is 13.4. The monoisotopic (exact) mass is 412 g/mol. The Balaban J connectivity index is 1.64. The number of nitrogens with zero attached hydrogens (tertiary/aromatic N) is 1. The van der Waals surface area contributed by atoms with Gasteiger partial charge in [-0.3, -0.25) is 9.59 Å². The lowest BCUT2D eigenvalue weighted by atomic mass is 10.1. The van der Waals surface area contributed by atoms with Crippen molar-refractivity contribution in [2.45, 2.75) is 39.8 Å². The first-order chi connectivity index (χ1) is 14.4. The van der Waals surface area contributed by atoms with E-state index in [1.165, 1.54) is 9.80 Å². The molecule has 1 atom stereocenters. The van der Waals surface area contributed by atoms with Crippen molar-refractivity contribution in [1.82, 2.24) is 5.32 Å². The predicted molar refractivity (Wildman–Crippen MR) is 121 cm³/mol. The molecule has 1 aliphatic rings. The lowest BCUT2D eigenvalue weighted by Gasteiger charge is -2.34. The van der Waals surface area contributed by atoms with Crippen LogP contribution in [-0.4, -0.2) is 63.2 Å². The van der Waals surface area contributed by atoms with Crippen LogP contribution >= 0.6 is 0 Å². The summed E-state index contributed by atoms with van der Waals surface area (Å²) in [7, 11) is 0. The third-order valence-corrected chi connectivity index (χ3v) is 6.08. The number of hydrogen-bond acceptors (Lipinski definition) is 2. The van der Waals surface area contributed by atoms with Gasteiger partial charge in [-0.25, -0.2) is 0 Å². The van der Waals surface area contributed by atoms with E-state index in [-0.39, 0.29) is 23.9 Å². The highest BCUT2D eigenvalue weighted by Gasteiger charge is 2.34. The number of anilines is 1. The Labute approximate surface area is 179 Å². The summed E-state index contributed by atoms with van der Waals surface area (Å²) in [4.78, 5) is 30.0. The van der Waals surface area contributed by atoms with E-state index in [9.17, 15) is 9.59 Å². The van der Waals surface area contributed by atoms with Crippen molar-refractivity contribution in [3.63, 3.8) is 0 Å². The number of nitrogens with one attached hydrogen (secondary N) is 3. The molecule has 1 fully saturated rings. The second-order valence-electron chi connectivity index (χ2n) is 8.61. The normalized spacial score (nSPS) is 20.2. The predicted octanol–water partition coefficient (Wildman–Crippen LogP) is -0.111. The number of rotatable bonds is 7. The van der Waals surface area contributed by atoms with Crippen LogP contribution in [-0.2, 0) is 9.59 Å². The summed E-state index contributed by atoms with van der Waals surface area (Å²) in [6.45, 7) is 12.9. The standard InChI is InChI=1S/C24H34N4O2/c1-5-28(22-12-8-10-20-9-6-7-11-21(20)22)24(30)19(4)27-15-13-26(14-16-27)17-23(29)25-18(2)3/h6-12,18-19H,5,13-17H2,1-4H3,(H,25,29)/p+2/t19-/m1/s1. The maximum Gasteiger partial charge on any atom is 0.284 e. The van der Waals surface area contributed by atoms with Gasteiger partial charge in [0.15, 0.2) is 12.6 Å². The number of hydrogen-bond donors (Lipinski definition) is 3. The lowest BCUT2D eigenvalue weighted by molar-refractivity contribution is -1.01. The third kappa shape index (κ3) is 5.18. The van der Waals surface area contributed by atoms with E-state index in [0.29, 0.717) is 13.1 Å². The Kier molecular flexibility index (Phi) is 7.45. The Morgan fingerprint density at radius 2 is 1.67 bits per heavy atom. The van der Waals surface area contributed by atoms with Crippen LogP contribution in [0.3, 0.4) is 0 Å². The minimum Gasteiger partial charge on any atom is -0.349 e. The summed E-state index contributed by atoms with van der Waals surface area (Å²) in [5, 5.41) is 5.23. The molecule has 2 amide bonds. The molecular weight excluding hydrogens is 376 g/mol. The molecule has 1 heterocycles. The molecule has 0 radical (unpaired) electrons. The summed E-state index contributed by atoms with van der Waals surface area (Å²) in [5.74, 6) is 0.283. The second kappa shape index (κ2) is 10.0. The molecule has 6 heteroatoms. The molecule has 2 aromatic carbocycles. The summed E-state index contributed by atoms with van der Waals surface area (Å²) in [6.07, 6.45) is 0. The Bertz CT molecular complexity index is 869. The van der Waals surface area contributed by atoms with E-state index < -0.39 is 0 Å². The highest BCUT2D eigenvalue weighted by atomic mass is 16.2. The Morgan fingerprint density at radius 1 is 1.00 bits per heavy atom. The number of fused-ring (bicyclic) bond motifs is 1. The van der Waals surface area contributed by atoms with Gasteiger partial charge in [0.1, 0.15) is 26.2 Å². The SMILES string of the molecule is CCN(C(=O)[C@@H](C)[NH+]1CC[NH+](CC(=O)NC(C)C)CC1)c1cccc2ccccc12. The Morgan fingerprint density at radius 3 is 2.33 bits per heavy atom. The topological polar surface area (TPSA) is 58.3 Å². The molecule has 0 spiro atoms. The maximum atomic E-state index is 13.4. The van der Waals surface area contributed by atoms with Gasteiger partial charge in [0.25, 0.3) is 11.8 Å². The largest absolute Gasteiger partial charge is 0.349 e. The zero-order valence-electron chi connectivity index (χ0n) is 18.7. The lowest BCUT2D eigenvalue weighted by Crippen LogP contribution is -3.30. The van der Waals surface area contributed by atoms with Crippen LogP contribution in [0.25, 0.3) is 10.8 Å². The fourth-order valence-electron chi connectivity index (χ4n) is 4.43. The summed E-state index contributed by atoms with van der Waals surface area (Å²) in [6, 6.07) is 14.5. The van der Waals surface area contributed by atoms with E-state index in [4.69, 9.17) is 0 Å². The van der Waals surface area contributed by atoms with Crippen LogP contribution in [0, 0.1) is 0 Å². The first kappa shape index (κ1) is 22.2. The van der Waals surface area contributed by atoms with Gasteiger partial charge in [-0.2, -0.15) is 0 Å². The van der Waals surface area contributed by atoms with Gasteiger partial charge in [-0.05, 0) is 39.1 Å². The third-order valence-electron chi connectivity index (χ3n) is 6.08. The van der Waals surface area contributed by atoms with Crippen LogP contribution in [0.5, 0.6) is 0 Å². The number of amides is 2. The van der Waals surface area contributed by atoms with Crippen molar-refractivity contribution in [3.8, 4) is 0 Å². The van der Waals surface area contributed by atoms with Gasteiger partial charge >= 0.3 is 0 Å². The number of piperazine rings is 1. The van der Waals surface area contributed by atoms with Crippen molar-refractivity contribution in [1.29, 1.82) is 0 Å². The summed E-state index contributed by atoms with van der Waals surface area (Å²) in [5.41, 5.74) is 0.987. The van der Waals surface area contributed by atoms with Crippen LogP contribution in [0.1, 0.15) is 27.7 Å². The molecule has 0 saturated carbocycles. The smallest absolute Gasteiger partial charge is 0.284 e. The molecule has 0 aliphatic carbocycles. The molecule has 0 unspecified atom stereocenters. The summed E-state index contributed by atoms with van der Waals surface area (Å²) >= 11 is 0. The first-order valence-electron chi connectivity index (χ1n) is 11.2. The number of quaternary nitrogens is 2. The van der Waals surface area contributed by atoms with Crippen LogP contribution in [0.15, 0.2) is 42.5 Å². The van der Waals surface area contributed by atoms with E-state index in [1.807, 2.05) is 56.9 Å². The second-order valence-corrected chi connectivity index (χ2v) is 8.61. The Hall–Kier alpha value is -2.44. The summed E-state index contributed by atoms with van der Waals surface area (Å²) < 4.78 is 0. The van der Waals surface area contributed by atoms with Crippen molar-refractivity contribution in [2.24, 2.45) is 0 Å². The van der Waals surface area contributed by atoms with Gasteiger partial charge in [0.2, 0.25) is 0 Å². The molecule has 2 aromatic rings. The highest BCUT2D eigenvalue weighted by molar-refractivity contribution is 6.04. The quantitative estimate of drug-likeness (QED) is 0.594. The average molecular weight is 413 g/mol. The van der Waals surface area contributed by atoms with Crippen LogP contribution < -0.4 is 20.0 Å². The molecule has 1 saturated heterocycles. The molecule has 162 valence electrons. The van der Waals surface area contributed by atoms with Crippen LogP contribution in [0.2, 0.25) is 0 Å². The number of likely N-dealkylation sites (N-methyl/N-ethyl adjacent to an activating group) is 1. The van der Waals surface area contributed by atoms with E-state index >= 15 is 0 Å². The fourth-order valence-corrected chi connectivity index (χ4v) is 4.43. The van der Waals surface area contributed by atoms with Gasteiger partial charge < -0.3 is 20.0 Å².